The topological polar surface area (TPSA) is 145 Å². The molecule has 0 aliphatic carbocycles. The van der Waals surface area contributed by atoms with Crippen LogP contribution in [0, 0.1) is 0 Å². The summed E-state index contributed by atoms with van der Waals surface area (Å²) >= 11 is 0. The lowest BCUT2D eigenvalue weighted by Gasteiger charge is -2.32. The summed E-state index contributed by atoms with van der Waals surface area (Å²) in [4.78, 5) is 14.3. The molecule has 0 saturated carbocycles. The quantitative estimate of drug-likeness (QED) is 0.474. The second-order valence-corrected chi connectivity index (χ2v) is 7.34. The number of nitrogens with two attached hydrogens (primary N) is 1. The Balaban J connectivity index is 1.49. The Labute approximate surface area is 174 Å². The van der Waals surface area contributed by atoms with Crippen LogP contribution in [0.1, 0.15) is 5.56 Å². The largest absolute Gasteiger partial charge is 0.573 e. The van der Waals surface area contributed by atoms with Crippen LogP contribution in [0.5, 0.6) is 5.75 Å². The van der Waals surface area contributed by atoms with E-state index in [1.165, 1.54) is 35.5 Å². The Hall–Kier alpha value is -2.58. The van der Waals surface area contributed by atoms with Crippen LogP contribution in [0.3, 0.4) is 0 Å². The van der Waals surface area contributed by atoms with Gasteiger partial charge in [-0.1, -0.05) is 12.1 Å². The summed E-state index contributed by atoms with van der Waals surface area (Å²) < 4.78 is 46.4. The van der Waals surface area contributed by atoms with E-state index in [-0.39, 0.29) is 18.8 Å². The Bertz CT molecular complexity index is 922. The van der Waals surface area contributed by atoms with Gasteiger partial charge in [0.2, 0.25) is 0 Å². The molecule has 0 bridgehead atoms. The fourth-order valence-electron chi connectivity index (χ4n) is 3.72. The molecular formula is C18H20F3N5O5. The van der Waals surface area contributed by atoms with Crippen molar-refractivity contribution in [3.63, 3.8) is 0 Å². The molecule has 0 spiro atoms. The van der Waals surface area contributed by atoms with Crippen LogP contribution in [0.2, 0.25) is 0 Å². The molecule has 1 saturated heterocycles. The van der Waals surface area contributed by atoms with Crippen LogP contribution in [0.15, 0.2) is 39.2 Å². The molecule has 1 fully saturated rings. The zero-order valence-electron chi connectivity index (χ0n) is 16.0. The predicted molar refractivity (Wildman–Crippen MR) is 102 cm³/mol. The van der Waals surface area contributed by atoms with Crippen LogP contribution < -0.4 is 10.5 Å². The maximum Gasteiger partial charge on any atom is 0.573 e. The number of rotatable bonds is 5. The maximum atomic E-state index is 12.3. The minimum Gasteiger partial charge on any atom is -0.406 e. The number of fused-ring (bicyclic) bond motifs is 1. The summed E-state index contributed by atoms with van der Waals surface area (Å²) in [5.74, 6) is -0.0603. The zero-order chi connectivity index (χ0) is 22.4. The van der Waals surface area contributed by atoms with Crippen LogP contribution in [0.25, 0.3) is 0 Å². The molecule has 3 heterocycles. The number of amidine groups is 1. The van der Waals surface area contributed by atoms with Gasteiger partial charge in [-0.05, 0) is 17.7 Å². The van der Waals surface area contributed by atoms with E-state index in [4.69, 9.17) is 10.5 Å². The molecule has 1 unspecified atom stereocenters. The highest BCUT2D eigenvalue weighted by Gasteiger charge is 2.50. The molecule has 3 aliphatic rings. The van der Waals surface area contributed by atoms with Gasteiger partial charge in [-0.3, -0.25) is 4.99 Å². The number of hydrogen-bond donors (Lipinski definition) is 4. The van der Waals surface area contributed by atoms with E-state index >= 15 is 0 Å². The molecule has 4 rings (SSSR count). The van der Waals surface area contributed by atoms with Crippen molar-refractivity contribution in [2.24, 2.45) is 20.7 Å². The highest BCUT2D eigenvalue weighted by atomic mass is 19.4. The maximum absolute atomic E-state index is 12.3. The highest BCUT2D eigenvalue weighted by Crippen LogP contribution is 2.30. The first-order valence-corrected chi connectivity index (χ1v) is 9.31. The fraction of sp³-hybridized carbons (Fsp3) is 0.500. The van der Waals surface area contributed by atoms with Crippen molar-refractivity contribution < 1.29 is 38.0 Å². The predicted octanol–water partition coefficient (Wildman–Crippen LogP) is -0.624. The summed E-state index contributed by atoms with van der Waals surface area (Å²) in [6.45, 7) is -0.444. The lowest BCUT2D eigenvalue weighted by molar-refractivity contribution is -0.274. The van der Waals surface area contributed by atoms with Crippen molar-refractivity contribution >= 4 is 17.9 Å². The molecule has 10 nitrogen and oxygen atoms in total. The third kappa shape index (κ3) is 4.14. The molecule has 1 aromatic rings. The van der Waals surface area contributed by atoms with Crippen molar-refractivity contribution in [1.29, 1.82) is 0 Å². The third-order valence-electron chi connectivity index (χ3n) is 5.20. The number of nitrogens with zero attached hydrogens (tertiary/aromatic N) is 4. The van der Waals surface area contributed by atoms with Crippen LogP contribution in [0.4, 0.5) is 13.2 Å². The van der Waals surface area contributed by atoms with E-state index in [1.54, 1.807) is 0 Å². The van der Waals surface area contributed by atoms with E-state index in [9.17, 15) is 28.5 Å². The summed E-state index contributed by atoms with van der Waals surface area (Å²) in [5.41, 5.74) is 6.00. The van der Waals surface area contributed by atoms with Crippen LogP contribution in [-0.2, 0) is 11.2 Å². The molecule has 5 atom stereocenters. The first-order valence-electron chi connectivity index (χ1n) is 9.31. The smallest absolute Gasteiger partial charge is 0.406 e. The van der Waals surface area contributed by atoms with Gasteiger partial charge in [0, 0.05) is 6.42 Å². The van der Waals surface area contributed by atoms with Gasteiger partial charge in [-0.15, -0.1) is 13.2 Å². The molecule has 3 aliphatic heterocycles. The van der Waals surface area contributed by atoms with Gasteiger partial charge in [-0.2, -0.15) is 0 Å². The number of ether oxygens (including phenoxy) is 2. The summed E-state index contributed by atoms with van der Waals surface area (Å²) in [5, 5.41) is 29.6. The van der Waals surface area contributed by atoms with Crippen molar-refractivity contribution in [2.75, 3.05) is 13.3 Å². The molecule has 0 amide bonds. The minimum atomic E-state index is -4.78. The number of halogens is 3. The van der Waals surface area contributed by atoms with E-state index in [1.807, 2.05) is 0 Å². The van der Waals surface area contributed by atoms with Crippen LogP contribution >= 0.6 is 0 Å². The summed E-state index contributed by atoms with van der Waals surface area (Å²) in [6.07, 6.45) is -7.98. The van der Waals surface area contributed by atoms with Gasteiger partial charge in [-0.25, -0.2) is 9.98 Å². The Kier molecular flexibility index (Phi) is 5.47. The van der Waals surface area contributed by atoms with Gasteiger partial charge < -0.3 is 35.4 Å². The lowest BCUT2D eigenvalue weighted by Crippen LogP contribution is -2.56. The van der Waals surface area contributed by atoms with Crippen molar-refractivity contribution in [3.8, 4) is 5.75 Å². The van der Waals surface area contributed by atoms with E-state index in [0.29, 0.717) is 17.1 Å². The van der Waals surface area contributed by atoms with E-state index in [0.717, 1.165) is 0 Å². The third-order valence-corrected chi connectivity index (χ3v) is 5.20. The second kappa shape index (κ2) is 7.84. The molecule has 0 radical (unpaired) electrons. The fourth-order valence-corrected chi connectivity index (χ4v) is 3.72. The van der Waals surface area contributed by atoms with E-state index in [2.05, 4.69) is 19.7 Å². The van der Waals surface area contributed by atoms with Gasteiger partial charge in [0.25, 0.3) is 0 Å². The normalized spacial score (nSPS) is 32.7. The van der Waals surface area contributed by atoms with Gasteiger partial charge >= 0.3 is 6.36 Å². The van der Waals surface area contributed by atoms with E-state index < -0.39 is 43.2 Å². The average Bonchev–Trinajstić information content (AvgIpc) is 3.25. The molecule has 1 aromatic carbocycles. The zero-order valence-corrected chi connectivity index (χ0v) is 16.0. The van der Waals surface area contributed by atoms with Gasteiger partial charge in [0.1, 0.15) is 42.8 Å². The monoisotopic (exact) mass is 443 g/mol. The molecule has 0 aromatic heterocycles. The number of aliphatic imine (C=N–C) groups is 3. The SMILES string of the molecule is NC1(Cc2ccc(OC(F)(F)F)cc2)N=CN=C2C1=NCN2[C@@H]1O[C@H](CO)[C@@H](O)[C@H]1O. The molecule has 168 valence electrons. The molecule has 13 heteroatoms. The lowest BCUT2D eigenvalue weighted by atomic mass is 9.94. The van der Waals surface area contributed by atoms with Crippen molar-refractivity contribution in [2.45, 2.75) is 43.0 Å². The molecule has 5 N–H and O–H groups in total. The average molecular weight is 443 g/mol. The number of aliphatic hydroxyl groups is 3. The Morgan fingerprint density at radius 1 is 1.23 bits per heavy atom. The van der Waals surface area contributed by atoms with Crippen LogP contribution in [-0.4, -0.2) is 87.9 Å². The summed E-state index contributed by atoms with van der Waals surface area (Å²) in [6, 6.07) is 5.23. The Morgan fingerprint density at radius 2 is 1.94 bits per heavy atom. The number of aliphatic hydroxyl groups excluding tert-OH is 3. The standard InChI is InChI=1S/C18H20F3N5O5/c19-18(20,21)31-10-3-1-9(2-4-10)5-17(22)14-15(23-7-25-17)26(8-24-14)16-13(29)12(28)11(6-27)30-16/h1-4,7,11-13,16,27-29H,5-6,8,22H2/t11-,12-,13-,16-,17?/m1/s1. The number of benzene rings is 1. The number of alkyl halides is 3. The number of hydrogen-bond acceptors (Lipinski definition) is 10. The van der Waals surface area contributed by atoms with Crippen molar-refractivity contribution in [3.05, 3.63) is 29.8 Å². The first kappa shape index (κ1) is 21.6. The second-order valence-electron chi connectivity index (χ2n) is 7.34. The minimum absolute atomic E-state index is 0.0292. The van der Waals surface area contributed by atoms with Gasteiger partial charge in [0.05, 0.1) is 6.61 Å². The first-order chi connectivity index (χ1) is 14.6. The van der Waals surface area contributed by atoms with Gasteiger partial charge in [0.15, 0.2) is 17.7 Å². The molecular weight excluding hydrogens is 423 g/mol. The highest BCUT2D eigenvalue weighted by molar-refractivity contribution is 6.47. The summed E-state index contributed by atoms with van der Waals surface area (Å²) in [7, 11) is 0. The molecule has 31 heavy (non-hydrogen) atoms. The van der Waals surface area contributed by atoms with Crippen molar-refractivity contribution in [1.82, 2.24) is 4.90 Å². The Morgan fingerprint density at radius 3 is 2.55 bits per heavy atom.